The molecule has 17 heteroatoms. The van der Waals surface area contributed by atoms with Crippen LogP contribution in [0.15, 0.2) is 30.5 Å². The summed E-state index contributed by atoms with van der Waals surface area (Å²) in [4.78, 5) is 26.4. The van der Waals surface area contributed by atoms with Crippen LogP contribution in [0.1, 0.15) is 18.1 Å². The van der Waals surface area contributed by atoms with Gasteiger partial charge in [-0.2, -0.15) is 26.3 Å². The van der Waals surface area contributed by atoms with Gasteiger partial charge in [-0.1, -0.05) is 11.6 Å². The molecule has 2 amide bonds. The molecule has 0 aliphatic heterocycles. The van der Waals surface area contributed by atoms with Crippen molar-refractivity contribution in [2.45, 2.75) is 19.7 Å². The van der Waals surface area contributed by atoms with Gasteiger partial charge in [-0.3, -0.25) is 4.79 Å². The van der Waals surface area contributed by atoms with Crippen molar-refractivity contribution in [1.82, 2.24) is 19.7 Å². The largest absolute Gasteiger partial charge is 0.491 e. The van der Waals surface area contributed by atoms with Gasteiger partial charge in [0, 0.05) is 44.9 Å². The molecule has 0 fully saturated rings. The summed E-state index contributed by atoms with van der Waals surface area (Å²) in [5.41, 5.74) is -0.911. The number of rotatable bonds is 13. The van der Waals surface area contributed by atoms with Crippen molar-refractivity contribution in [3.05, 3.63) is 46.6 Å². The van der Waals surface area contributed by atoms with E-state index in [1.165, 1.54) is 32.2 Å². The van der Waals surface area contributed by atoms with Crippen LogP contribution in [0.4, 0.5) is 18.0 Å². The lowest BCUT2D eigenvalue weighted by Gasteiger charge is -2.15. The Morgan fingerprint density at radius 3 is 2.50 bits per heavy atom. The summed E-state index contributed by atoms with van der Waals surface area (Å²) in [6.45, 7) is 0.971. The Kier molecular flexibility index (Phi) is 11.4. The van der Waals surface area contributed by atoms with Crippen LogP contribution < -0.4 is 24.2 Å². The third-order valence-electron chi connectivity index (χ3n) is 4.30. The van der Waals surface area contributed by atoms with Crippen LogP contribution in [0.2, 0.25) is 5.02 Å². The lowest BCUT2D eigenvalue weighted by Crippen LogP contribution is -2.43. The fourth-order valence-corrected chi connectivity index (χ4v) is 3.51. The number of carbonyl (C=O) groups excluding carboxylic acids is 2. The SMILES string of the molecule is COCCOc1ccc(COC(=O)NS(=O)(=O)NCCNC(C)=O)c(Oc2ncc(C(F)(F)F)cc2Cl)c1. The van der Waals surface area contributed by atoms with Gasteiger partial charge in [-0.25, -0.2) is 14.5 Å². The van der Waals surface area contributed by atoms with Gasteiger partial charge in [0.1, 0.15) is 29.7 Å². The van der Waals surface area contributed by atoms with Gasteiger partial charge in [0.15, 0.2) is 0 Å². The van der Waals surface area contributed by atoms with Gasteiger partial charge >= 0.3 is 22.5 Å². The van der Waals surface area contributed by atoms with Crippen LogP contribution >= 0.6 is 11.6 Å². The summed E-state index contributed by atoms with van der Waals surface area (Å²) in [7, 11) is -2.82. The molecule has 1 aromatic carbocycles. The van der Waals surface area contributed by atoms with Crippen molar-refractivity contribution in [1.29, 1.82) is 0 Å². The average Bonchev–Trinajstić information content (AvgIpc) is 2.81. The van der Waals surface area contributed by atoms with E-state index in [0.717, 1.165) is 0 Å². The molecule has 1 aromatic heterocycles. The van der Waals surface area contributed by atoms with E-state index in [1.54, 1.807) is 4.72 Å². The van der Waals surface area contributed by atoms with E-state index in [2.05, 4.69) is 10.3 Å². The average molecular weight is 585 g/mol. The minimum atomic E-state index is -4.67. The first-order chi connectivity index (χ1) is 17.8. The number of nitrogens with zero attached hydrogens (tertiary/aromatic N) is 1. The molecule has 3 N–H and O–H groups in total. The van der Waals surface area contributed by atoms with Crippen LogP contribution in [-0.2, 0) is 37.3 Å². The number of carbonyl (C=O) groups is 2. The van der Waals surface area contributed by atoms with E-state index in [4.69, 9.17) is 30.5 Å². The Hall–Kier alpha value is -3.34. The zero-order valence-electron chi connectivity index (χ0n) is 20.1. The fraction of sp³-hybridized carbons (Fsp3) is 0.381. The van der Waals surface area contributed by atoms with E-state index in [0.29, 0.717) is 12.3 Å². The van der Waals surface area contributed by atoms with Gasteiger partial charge in [0.05, 0.1) is 12.2 Å². The monoisotopic (exact) mass is 584 g/mol. The molecule has 0 atom stereocenters. The van der Waals surface area contributed by atoms with Crippen LogP contribution in [0.25, 0.3) is 0 Å². The van der Waals surface area contributed by atoms with E-state index in [-0.39, 0.29) is 55.2 Å². The highest BCUT2D eigenvalue weighted by Gasteiger charge is 2.32. The summed E-state index contributed by atoms with van der Waals surface area (Å²) in [6.07, 6.45) is -5.47. The fourth-order valence-electron chi connectivity index (χ4n) is 2.58. The number of amides is 2. The van der Waals surface area contributed by atoms with Gasteiger partial charge in [-0.05, 0) is 18.2 Å². The maximum atomic E-state index is 12.9. The molecule has 0 saturated heterocycles. The van der Waals surface area contributed by atoms with Crippen LogP contribution in [0, 0.1) is 0 Å². The summed E-state index contributed by atoms with van der Waals surface area (Å²) in [5, 5.41) is 1.93. The van der Waals surface area contributed by atoms with Crippen molar-refractivity contribution in [3.63, 3.8) is 0 Å². The summed E-state index contributed by atoms with van der Waals surface area (Å²) >= 11 is 5.92. The van der Waals surface area contributed by atoms with Crippen molar-refractivity contribution in [3.8, 4) is 17.4 Å². The molecule has 0 bridgehead atoms. The lowest BCUT2D eigenvalue weighted by molar-refractivity contribution is -0.137. The first-order valence-electron chi connectivity index (χ1n) is 10.6. The normalized spacial score (nSPS) is 11.5. The smallest absolute Gasteiger partial charge is 0.422 e. The highest BCUT2D eigenvalue weighted by atomic mass is 35.5. The topological polar surface area (TPSA) is 154 Å². The molecule has 38 heavy (non-hydrogen) atoms. The number of halogens is 4. The Morgan fingerprint density at radius 1 is 1.13 bits per heavy atom. The summed E-state index contributed by atoms with van der Waals surface area (Å²) in [5.74, 6) is -0.500. The summed E-state index contributed by atoms with van der Waals surface area (Å²) in [6, 6.07) is 4.89. The Morgan fingerprint density at radius 2 is 1.87 bits per heavy atom. The quantitative estimate of drug-likeness (QED) is 0.301. The molecule has 0 aliphatic rings. The Balaban J connectivity index is 2.14. The minimum absolute atomic E-state index is 0.00860. The molecule has 0 saturated carbocycles. The maximum Gasteiger partial charge on any atom is 0.422 e. The van der Waals surface area contributed by atoms with Crippen molar-refractivity contribution < 1.29 is 50.1 Å². The van der Waals surface area contributed by atoms with Crippen molar-refractivity contribution in [2.24, 2.45) is 0 Å². The van der Waals surface area contributed by atoms with Gasteiger partial charge in [0.2, 0.25) is 11.8 Å². The number of hydrogen-bond donors (Lipinski definition) is 3. The first-order valence-corrected chi connectivity index (χ1v) is 12.5. The zero-order valence-corrected chi connectivity index (χ0v) is 21.6. The molecule has 2 rings (SSSR count). The van der Waals surface area contributed by atoms with E-state index in [1.807, 2.05) is 4.72 Å². The second-order valence-electron chi connectivity index (χ2n) is 7.28. The van der Waals surface area contributed by atoms with E-state index < -0.39 is 39.7 Å². The minimum Gasteiger partial charge on any atom is -0.491 e. The second kappa shape index (κ2) is 14.0. The standard InChI is InChI=1S/C21H24ClF3N4O8S/c1-13(30)26-5-6-28-38(32,33)29-20(31)36-12-14-3-4-16(35-8-7-34-2)10-18(14)37-19-17(22)9-15(11-27-19)21(23,24)25/h3-4,9-11,28H,5-8,12H2,1-2H3,(H,26,30)(H,29,31). The number of methoxy groups -OCH3 is 1. The van der Waals surface area contributed by atoms with Crippen LogP contribution in [-0.4, -0.2) is 58.8 Å². The van der Waals surface area contributed by atoms with Crippen molar-refractivity contribution in [2.75, 3.05) is 33.4 Å². The van der Waals surface area contributed by atoms with Gasteiger partial charge in [0.25, 0.3) is 0 Å². The number of aromatic nitrogens is 1. The molecule has 1 heterocycles. The summed E-state index contributed by atoms with van der Waals surface area (Å²) < 4.78 is 87.2. The predicted octanol–water partition coefficient (Wildman–Crippen LogP) is 2.77. The number of benzene rings is 1. The Bertz CT molecular complexity index is 1230. The van der Waals surface area contributed by atoms with Crippen molar-refractivity contribution >= 4 is 33.8 Å². The molecule has 0 radical (unpaired) electrons. The van der Waals surface area contributed by atoms with Gasteiger partial charge < -0.3 is 24.3 Å². The third-order valence-corrected chi connectivity index (χ3v) is 5.59. The van der Waals surface area contributed by atoms with Crippen LogP contribution in [0.3, 0.4) is 0 Å². The number of nitrogens with one attached hydrogen (secondary N) is 3. The van der Waals surface area contributed by atoms with Crippen LogP contribution in [0.5, 0.6) is 17.4 Å². The molecule has 12 nitrogen and oxygen atoms in total. The Labute approximate surface area is 220 Å². The molecule has 0 spiro atoms. The number of ether oxygens (including phenoxy) is 4. The van der Waals surface area contributed by atoms with E-state index >= 15 is 0 Å². The third kappa shape index (κ3) is 10.6. The number of alkyl halides is 3. The molecule has 2 aromatic rings. The molecular formula is C21H24ClF3N4O8S. The highest BCUT2D eigenvalue weighted by molar-refractivity contribution is 7.88. The number of hydrogen-bond acceptors (Lipinski definition) is 9. The highest BCUT2D eigenvalue weighted by Crippen LogP contribution is 2.36. The molecular weight excluding hydrogens is 561 g/mol. The predicted molar refractivity (Wildman–Crippen MR) is 127 cm³/mol. The van der Waals surface area contributed by atoms with E-state index in [9.17, 15) is 31.2 Å². The lowest BCUT2D eigenvalue weighted by atomic mass is 10.2. The van der Waals surface area contributed by atoms with Gasteiger partial charge in [-0.15, -0.1) is 0 Å². The molecule has 0 aliphatic carbocycles. The second-order valence-corrected chi connectivity index (χ2v) is 9.19. The first kappa shape index (κ1) is 30.9. The number of pyridine rings is 1. The molecule has 210 valence electrons. The zero-order chi connectivity index (χ0) is 28.3. The maximum absolute atomic E-state index is 12.9. The molecule has 0 unspecified atom stereocenters.